The van der Waals surface area contributed by atoms with Gasteiger partial charge in [0.05, 0.1) is 11.6 Å². The Morgan fingerprint density at radius 3 is 2.65 bits per heavy atom. The minimum Gasteiger partial charge on any atom is -0.395 e. The molecule has 1 N–H and O–H groups in total. The van der Waals surface area contributed by atoms with Gasteiger partial charge in [0.1, 0.15) is 4.90 Å². The predicted octanol–water partition coefficient (Wildman–Crippen LogP) is 1.13. The van der Waals surface area contributed by atoms with Gasteiger partial charge in [-0.1, -0.05) is 11.6 Å². The van der Waals surface area contributed by atoms with E-state index in [2.05, 4.69) is 4.98 Å². The molecule has 0 aromatic carbocycles. The molecule has 0 aliphatic heterocycles. The Kier molecular flexibility index (Phi) is 4.88. The van der Waals surface area contributed by atoms with Crippen LogP contribution in [0.15, 0.2) is 23.4 Å². The number of aromatic nitrogens is 1. The number of aliphatic hydroxyl groups is 1. The molecule has 1 rings (SSSR count). The maximum Gasteiger partial charge on any atom is 0.246 e. The monoisotopic (exact) mass is 278 g/mol. The lowest BCUT2D eigenvalue weighted by atomic mass is 10.4. The van der Waals surface area contributed by atoms with Gasteiger partial charge in [-0.05, 0) is 19.9 Å². The van der Waals surface area contributed by atoms with Crippen molar-refractivity contribution in [2.75, 3.05) is 13.2 Å². The van der Waals surface area contributed by atoms with Gasteiger partial charge in [-0.2, -0.15) is 4.31 Å². The second kappa shape index (κ2) is 5.77. The quantitative estimate of drug-likeness (QED) is 0.876. The minimum absolute atomic E-state index is 0.0330. The fourth-order valence-corrected chi connectivity index (χ4v) is 3.47. The fourth-order valence-electron chi connectivity index (χ4n) is 1.43. The van der Waals surface area contributed by atoms with Gasteiger partial charge in [-0.15, -0.1) is 0 Å². The summed E-state index contributed by atoms with van der Waals surface area (Å²) in [4.78, 5) is 3.72. The van der Waals surface area contributed by atoms with Crippen LogP contribution in [0.1, 0.15) is 13.8 Å². The minimum atomic E-state index is -3.71. The van der Waals surface area contributed by atoms with Crippen molar-refractivity contribution in [2.45, 2.75) is 24.8 Å². The second-order valence-corrected chi connectivity index (χ2v) is 6.01. The molecule has 0 fully saturated rings. The first-order valence-corrected chi connectivity index (χ1v) is 6.95. The average molecular weight is 279 g/mol. The summed E-state index contributed by atoms with van der Waals surface area (Å²) in [5.74, 6) is 0. The van der Waals surface area contributed by atoms with Crippen molar-refractivity contribution < 1.29 is 13.5 Å². The third kappa shape index (κ3) is 3.16. The first kappa shape index (κ1) is 14.4. The van der Waals surface area contributed by atoms with Gasteiger partial charge in [0, 0.05) is 25.0 Å². The lowest BCUT2D eigenvalue weighted by Crippen LogP contribution is -2.39. The highest BCUT2D eigenvalue weighted by atomic mass is 35.5. The Bertz CT molecular complexity index is 476. The van der Waals surface area contributed by atoms with Crippen LogP contribution < -0.4 is 0 Å². The Morgan fingerprint density at radius 1 is 1.53 bits per heavy atom. The van der Waals surface area contributed by atoms with E-state index in [1.807, 2.05) is 0 Å². The van der Waals surface area contributed by atoms with Crippen molar-refractivity contribution in [3.63, 3.8) is 0 Å². The maximum absolute atomic E-state index is 12.3. The first-order valence-electron chi connectivity index (χ1n) is 5.13. The Labute approximate surface area is 106 Å². The summed E-state index contributed by atoms with van der Waals surface area (Å²) in [6.45, 7) is 3.26. The van der Waals surface area contributed by atoms with E-state index in [4.69, 9.17) is 16.7 Å². The first-order chi connectivity index (χ1) is 7.91. The zero-order chi connectivity index (χ0) is 13.1. The van der Waals surface area contributed by atoms with Gasteiger partial charge < -0.3 is 5.11 Å². The molecule has 0 spiro atoms. The zero-order valence-corrected chi connectivity index (χ0v) is 11.2. The van der Waals surface area contributed by atoms with Crippen LogP contribution in [0.2, 0.25) is 5.02 Å². The van der Waals surface area contributed by atoms with Crippen LogP contribution in [0, 0.1) is 0 Å². The smallest absolute Gasteiger partial charge is 0.246 e. The van der Waals surface area contributed by atoms with Gasteiger partial charge in [-0.3, -0.25) is 4.98 Å². The summed E-state index contributed by atoms with van der Waals surface area (Å²) in [5.41, 5.74) is 0. The molecule has 0 unspecified atom stereocenters. The third-order valence-electron chi connectivity index (χ3n) is 2.22. The van der Waals surface area contributed by atoms with Crippen LogP contribution in [0.25, 0.3) is 0 Å². The van der Waals surface area contributed by atoms with E-state index in [0.29, 0.717) is 0 Å². The van der Waals surface area contributed by atoms with E-state index >= 15 is 0 Å². The molecule has 0 aliphatic carbocycles. The predicted molar refractivity (Wildman–Crippen MR) is 65.4 cm³/mol. The highest BCUT2D eigenvalue weighted by molar-refractivity contribution is 7.89. The number of hydrogen-bond acceptors (Lipinski definition) is 4. The summed E-state index contributed by atoms with van der Waals surface area (Å²) < 4.78 is 25.7. The van der Waals surface area contributed by atoms with Gasteiger partial charge in [0.2, 0.25) is 10.0 Å². The number of rotatable bonds is 5. The van der Waals surface area contributed by atoms with Crippen LogP contribution in [0.4, 0.5) is 0 Å². The number of aliphatic hydroxyl groups excluding tert-OH is 1. The fraction of sp³-hybridized carbons (Fsp3) is 0.500. The molecule has 0 saturated carbocycles. The molecule has 0 aliphatic rings. The normalized spacial score (nSPS) is 12.4. The van der Waals surface area contributed by atoms with Gasteiger partial charge in [-0.25, -0.2) is 8.42 Å². The van der Waals surface area contributed by atoms with Crippen LogP contribution in [0.3, 0.4) is 0 Å². The van der Waals surface area contributed by atoms with Crippen molar-refractivity contribution in [3.05, 3.63) is 23.5 Å². The van der Waals surface area contributed by atoms with E-state index in [-0.39, 0.29) is 29.1 Å². The standard InChI is InChI=1S/C10H15ClN2O3S/c1-8(2)13(5-6-14)17(15,16)10-7-12-4-3-9(10)11/h3-4,7-8,14H,5-6H2,1-2H3. The number of pyridine rings is 1. The van der Waals surface area contributed by atoms with Crippen molar-refractivity contribution in [1.82, 2.24) is 9.29 Å². The lowest BCUT2D eigenvalue weighted by molar-refractivity contribution is 0.236. The third-order valence-corrected chi connectivity index (χ3v) is 4.76. The summed E-state index contributed by atoms with van der Waals surface area (Å²) in [6, 6.07) is 1.16. The van der Waals surface area contributed by atoms with Gasteiger partial charge >= 0.3 is 0 Å². The molecule has 0 saturated heterocycles. The summed E-state index contributed by atoms with van der Waals surface area (Å²) in [5, 5.41) is 9.04. The van der Waals surface area contributed by atoms with E-state index in [1.165, 1.54) is 22.8 Å². The molecular formula is C10H15ClN2O3S. The summed E-state index contributed by atoms with van der Waals surface area (Å²) in [7, 11) is -3.71. The Hall–Kier alpha value is -0.690. The van der Waals surface area contributed by atoms with E-state index in [9.17, 15) is 8.42 Å². The average Bonchev–Trinajstić information content (AvgIpc) is 2.25. The SMILES string of the molecule is CC(C)N(CCO)S(=O)(=O)c1cnccc1Cl. The van der Waals surface area contributed by atoms with Crippen LogP contribution in [0.5, 0.6) is 0 Å². The van der Waals surface area contributed by atoms with Gasteiger partial charge in [0.25, 0.3) is 0 Å². The second-order valence-electron chi connectivity index (χ2n) is 3.74. The molecule has 1 aromatic heterocycles. The molecule has 96 valence electrons. The summed E-state index contributed by atoms with van der Waals surface area (Å²) in [6.07, 6.45) is 2.64. The topological polar surface area (TPSA) is 70.5 Å². The molecule has 17 heavy (non-hydrogen) atoms. The van der Waals surface area contributed by atoms with E-state index in [0.717, 1.165) is 0 Å². The Balaban J connectivity index is 3.22. The zero-order valence-electron chi connectivity index (χ0n) is 9.67. The number of hydrogen-bond donors (Lipinski definition) is 1. The molecular weight excluding hydrogens is 264 g/mol. The molecule has 7 heteroatoms. The van der Waals surface area contributed by atoms with Crippen LogP contribution in [-0.4, -0.2) is 42.0 Å². The molecule has 1 heterocycles. The number of sulfonamides is 1. The molecule has 1 aromatic rings. The van der Waals surface area contributed by atoms with Crippen molar-refractivity contribution in [2.24, 2.45) is 0 Å². The van der Waals surface area contributed by atoms with Crippen LogP contribution in [-0.2, 0) is 10.0 Å². The molecule has 0 atom stereocenters. The number of halogens is 1. The maximum atomic E-state index is 12.3. The molecule has 0 amide bonds. The molecule has 0 bridgehead atoms. The highest BCUT2D eigenvalue weighted by Gasteiger charge is 2.28. The summed E-state index contributed by atoms with van der Waals surface area (Å²) >= 11 is 5.85. The number of nitrogens with zero attached hydrogens (tertiary/aromatic N) is 2. The highest BCUT2D eigenvalue weighted by Crippen LogP contribution is 2.24. The van der Waals surface area contributed by atoms with E-state index in [1.54, 1.807) is 13.8 Å². The van der Waals surface area contributed by atoms with Crippen molar-refractivity contribution in [3.8, 4) is 0 Å². The molecule has 0 radical (unpaired) electrons. The van der Waals surface area contributed by atoms with Crippen LogP contribution >= 0.6 is 11.6 Å². The lowest BCUT2D eigenvalue weighted by Gasteiger charge is -2.25. The van der Waals surface area contributed by atoms with E-state index < -0.39 is 10.0 Å². The van der Waals surface area contributed by atoms with Crippen molar-refractivity contribution in [1.29, 1.82) is 0 Å². The largest absolute Gasteiger partial charge is 0.395 e. The van der Waals surface area contributed by atoms with Crippen molar-refractivity contribution >= 4 is 21.6 Å². The molecule has 5 nitrogen and oxygen atoms in total. The van der Waals surface area contributed by atoms with Gasteiger partial charge in [0.15, 0.2) is 0 Å². The Morgan fingerprint density at radius 2 is 2.18 bits per heavy atom.